The summed E-state index contributed by atoms with van der Waals surface area (Å²) in [5, 5.41) is 5.99. The van der Waals surface area contributed by atoms with Crippen LogP contribution in [0.15, 0.2) is 0 Å². The number of nitrogens with one attached hydrogen (secondary N) is 2. The van der Waals surface area contributed by atoms with Crippen molar-refractivity contribution in [3.05, 3.63) is 0 Å². The lowest BCUT2D eigenvalue weighted by Gasteiger charge is -2.09. The van der Waals surface area contributed by atoms with Crippen molar-refractivity contribution < 1.29 is 14.3 Å². The van der Waals surface area contributed by atoms with Crippen LogP contribution in [0.1, 0.15) is 41.0 Å². The lowest BCUT2D eigenvalue weighted by atomic mass is 10.4. The smallest absolute Gasteiger partial charge is 0.245 e. The van der Waals surface area contributed by atoms with Crippen molar-refractivity contribution in [1.82, 2.24) is 10.6 Å². The molecule has 0 spiro atoms. The van der Waals surface area contributed by atoms with E-state index in [1.54, 1.807) is 0 Å². The van der Waals surface area contributed by atoms with Crippen LogP contribution < -0.4 is 10.6 Å². The molecule has 0 aromatic heterocycles. The van der Waals surface area contributed by atoms with Gasteiger partial charge in [-0.3, -0.25) is 4.79 Å². The molecule has 0 aromatic rings. The van der Waals surface area contributed by atoms with Crippen molar-refractivity contribution >= 4 is 5.91 Å². The van der Waals surface area contributed by atoms with Crippen LogP contribution in [0.3, 0.4) is 0 Å². The van der Waals surface area contributed by atoms with Gasteiger partial charge in [-0.25, -0.2) is 0 Å². The zero-order valence-corrected chi connectivity index (χ0v) is 13.3. The second-order valence-corrected chi connectivity index (χ2v) is 4.12. The molecule has 0 radical (unpaired) electrons. The Morgan fingerprint density at radius 2 is 1.68 bits per heavy atom. The van der Waals surface area contributed by atoms with Crippen molar-refractivity contribution in [1.29, 1.82) is 0 Å². The van der Waals surface area contributed by atoms with Gasteiger partial charge in [-0.15, -0.1) is 0 Å². The van der Waals surface area contributed by atoms with E-state index in [1.807, 2.05) is 20.8 Å². The van der Waals surface area contributed by atoms with Gasteiger partial charge >= 0.3 is 0 Å². The third-order valence-electron chi connectivity index (χ3n) is 1.98. The zero-order chi connectivity index (χ0) is 14.9. The molecule has 0 aromatic carbocycles. The van der Waals surface area contributed by atoms with Gasteiger partial charge in [-0.1, -0.05) is 34.6 Å². The highest BCUT2D eigenvalue weighted by atomic mass is 16.5. The Morgan fingerprint density at radius 1 is 1.05 bits per heavy atom. The van der Waals surface area contributed by atoms with Crippen LogP contribution in [0.25, 0.3) is 0 Å². The van der Waals surface area contributed by atoms with Gasteiger partial charge in [-0.05, 0) is 6.42 Å². The molecule has 0 aliphatic carbocycles. The Kier molecular flexibility index (Phi) is 18.9. The molecule has 5 heteroatoms. The second kappa shape index (κ2) is 17.4. The van der Waals surface area contributed by atoms with E-state index >= 15 is 0 Å². The topological polar surface area (TPSA) is 59.6 Å². The molecule has 0 unspecified atom stereocenters. The fourth-order valence-electron chi connectivity index (χ4n) is 1.12. The maximum Gasteiger partial charge on any atom is 0.245 e. The molecule has 0 heterocycles. The molecule has 5 nitrogen and oxygen atoms in total. The summed E-state index contributed by atoms with van der Waals surface area (Å²) in [5.41, 5.74) is 0. The van der Waals surface area contributed by atoms with Crippen molar-refractivity contribution in [2.45, 2.75) is 47.1 Å². The van der Waals surface area contributed by atoms with Gasteiger partial charge in [-0.2, -0.15) is 0 Å². The van der Waals surface area contributed by atoms with Crippen LogP contribution in [0, 0.1) is 0 Å². The second-order valence-electron chi connectivity index (χ2n) is 4.12. The molecule has 0 saturated carbocycles. The molecule has 116 valence electrons. The Labute approximate surface area is 118 Å². The van der Waals surface area contributed by atoms with Crippen LogP contribution >= 0.6 is 0 Å². The maximum atomic E-state index is 11.1. The summed E-state index contributed by atoms with van der Waals surface area (Å²) in [7, 11) is 0. The Hall–Kier alpha value is -0.650. The van der Waals surface area contributed by atoms with E-state index in [0.29, 0.717) is 32.4 Å². The summed E-state index contributed by atoms with van der Waals surface area (Å²) in [5.74, 6) is -0.0617. The molecule has 0 saturated heterocycles. The molecule has 1 amide bonds. The van der Waals surface area contributed by atoms with Crippen LogP contribution in [-0.4, -0.2) is 51.5 Å². The van der Waals surface area contributed by atoms with Gasteiger partial charge in [0.15, 0.2) is 0 Å². The van der Waals surface area contributed by atoms with Crippen LogP contribution in [0.5, 0.6) is 0 Å². The number of hydrogen-bond acceptors (Lipinski definition) is 4. The first kappa shape index (κ1) is 20.7. The van der Waals surface area contributed by atoms with Crippen LogP contribution in [0.2, 0.25) is 0 Å². The van der Waals surface area contributed by atoms with Gasteiger partial charge in [0, 0.05) is 19.1 Å². The Bertz CT molecular complexity index is 188. The summed E-state index contributed by atoms with van der Waals surface area (Å²) in [6.07, 6.45) is 0.942. The number of carbonyl (C=O) groups excluding carboxylic acids is 1. The molecule has 0 atom stereocenters. The highest BCUT2D eigenvalue weighted by molar-refractivity contribution is 5.77. The fraction of sp³-hybridized carbons (Fsp3) is 0.929. The van der Waals surface area contributed by atoms with Gasteiger partial charge in [0.05, 0.1) is 19.8 Å². The van der Waals surface area contributed by atoms with E-state index in [1.165, 1.54) is 0 Å². The molecular formula is C14H32N2O3. The molecule has 0 bridgehead atoms. The molecular weight excluding hydrogens is 244 g/mol. The minimum atomic E-state index is -0.0617. The molecule has 19 heavy (non-hydrogen) atoms. The van der Waals surface area contributed by atoms with E-state index in [0.717, 1.165) is 13.0 Å². The number of ether oxygens (including phenoxy) is 2. The summed E-state index contributed by atoms with van der Waals surface area (Å²) in [6, 6.07) is 0.483. The van der Waals surface area contributed by atoms with Crippen molar-refractivity contribution in [2.75, 3.05) is 39.5 Å². The maximum absolute atomic E-state index is 11.1. The molecule has 0 aliphatic heterocycles. The average molecular weight is 276 g/mol. The monoisotopic (exact) mass is 276 g/mol. The predicted octanol–water partition coefficient (Wildman–Crippen LogP) is 1.57. The van der Waals surface area contributed by atoms with Crippen molar-refractivity contribution in [3.8, 4) is 0 Å². The molecule has 0 aliphatic rings. The number of hydrogen-bond donors (Lipinski definition) is 2. The fourth-order valence-corrected chi connectivity index (χ4v) is 1.12. The van der Waals surface area contributed by atoms with Gasteiger partial charge in [0.2, 0.25) is 5.91 Å². The Balaban J connectivity index is 0. The van der Waals surface area contributed by atoms with E-state index in [9.17, 15) is 4.79 Å². The molecule has 0 fully saturated rings. The van der Waals surface area contributed by atoms with E-state index < -0.39 is 0 Å². The first-order valence-electron chi connectivity index (χ1n) is 7.32. The first-order chi connectivity index (χ1) is 9.16. The quantitative estimate of drug-likeness (QED) is 0.562. The zero-order valence-electron chi connectivity index (χ0n) is 13.3. The standard InChI is InChI=1S/C12H26N2O3.C2H6/c1-4-5-14-12(15)10-17-9-8-16-7-6-13-11(2)3;1-2/h11,13H,4-10H2,1-3H3,(H,14,15);1-2H3. The number of rotatable bonds is 11. The third kappa shape index (κ3) is 19.9. The first-order valence-corrected chi connectivity index (χ1v) is 7.32. The van der Waals surface area contributed by atoms with Crippen molar-refractivity contribution in [3.63, 3.8) is 0 Å². The minimum Gasteiger partial charge on any atom is -0.378 e. The lowest BCUT2D eigenvalue weighted by molar-refractivity contribution is -0.126. The van der Waals surface area contributed by atoms with E-state index in [-0.39, 0.29) is 12.5 Å². The highest BCUT2D eigenvalue weighted by Crippen LogP contribution is 1.81. The number of carbonyl (C=O) groups is 1. The van der Waals surface area contributed by atoms with Gasteiger partial charge in [0.25, 0.3) is 0 Å². The molecule has 0 rings (SSSR count). The van der Waals surface area contributed by atoms with Gasteiger partial charge in [0.1, 0.15) is 6.61 Å². The summed E-state index contributed by atoms with van der Waals surface area (Å²) in [4.78, 5) is 11.1. The van der Waals surface area contributed by atoms with Crippen LogP contribution in [0.4, 0.5) is 0 Å². The van der Waals surface area contributed by atoms with Crippen molar-refractivity contribution in [2.24, 2.45) is 0 Å². The average Bonchev–Trinajstić information content (AvgIpc) is 2.41. The van der Waals surface area contributed by atoms with E-state index in [4.69, 9.17) is 9.47 Å². The van der Waals surface area contributed by atoms with Gasteiger partial charge < -0.3 is 20.1 Å². The van der Waals surface area contributed by atoms with Crippen LogP contribution in [-0.2, 0) is 14.3 Å². The summed E-state index contributed by atoms with van der Waals surface area (Å²) < 4.78 is 10.5. The number of amides is 1. The highest BCUT2D eigenvalue weighted by Gasteiger charge is 1.99. The third-order valence-corrected chi connectivity index (χ3v) is 1.98. The Morgan fingerprint density at radius 3 is 2.26 bits per heavy atom. The largest absolute Gasteiger partial charge is 0.378 e. The lowest BCUT2D eigenvalue weighted by Crippen LogP contribution is -2.29. The normalized spacial score (nSPS) is 10.0. The molecule has 2 N–H and O–H groups in total. The summed E-state index contributed by atoms with van der Waals surface area (Å²) >= 11 is 0. The SMILES string of the molecule is CC.CCCNC(=O)COCCOCCNC(C)C. The predicted molar refractivity (Wildman–Crippen MR) is 79.4 cm³/mol. The minimum absolute atomic E-state index is 0.0617. The summed E-state index contributed by atoms with van der Waals surface area (Å²) in [6.45, 7) is 13.5. The van der Waals surface area contributed by atoms with E-state index in [2.05, 4.69) is 24.5 Å².